The maximum Gasteiger partial charge on any atom is 0.258 e. The lowest BCUT2D eigenvalue weighted by atomic mass is 10.1. The van der Waals surface area contributed by atoms with Crippen LogP contribution in [0.3, 0.4) is 0 Å². The summed E-state index contributed by atoms with van der Waals surface area (Å²) >= 11 is 5.97. The Hall–Kier alpha value is -3.26. The standard InChI is InChI=1S/C24H26ClN3O5/c1-4-30-19-11-15(12-20(31-5-2)22(19)32-6-3)24-26-23(27-33-24)16-13-21(29)28(14-16)18-9-7-17(25)8-10-18/h7-12,16H,4-6,13-14H2,1-3H3/t16-/m0/s1. The fraction of sp³-hybridized carbons (Fsp3) is 0.375. The van der Waals surface area contributed by atoms with Gasteiger partial charge in [0, 0.05) is 35.2 Å². The third kappa shape index (κ3) is 4.90. The van der Waals surface area contributed by atoms with E-state index < -0.39 is 0 Å². The molecule has 8 nitrogen and oxygen atoms in total. The minimum absolute atomic E-state index is 0.00649. The van der Waals surface area contributed by atoms with E-state index in [1.807, 2.05) is 32.9 Å². The van der Waals surface area contributed by atoms with E-state index in [2.05, 4.69) is 10.1 Å². The Kier molecular flexibility index (Phi) is 7.03. The van der Waals surface area contributed by atoms with Gasteiger partial charge in [0.25, 0.3) is 5.89 Å². The van der Waals surface area contributed by atoms with Gasteiger partial charge >= 0.3 is 0 Å². The lowest BCUT2D eigenvalue weighted by Crippen LogP contribution is -2.24. The van der Waals surface area contributed by atoms with Gasteiger partial charge in [-0.05, 0) is 57.2 Å². The molecule has 1 fully saturated rings. The Morgan fingerprint density at radius 1 is 1.03 bits per heavy atom. The minimum atomic E-state index is -0.175. The van der Waals surface area contributed by atoms with E-state index in [4.69, 9.17) is 30.3 Å². The quantitative estimate of drug-likeness (QED) is 0.428. The number of ether oxygens (including phenoxy) is 3. The molecule has 1 saturated heterocycles. The van der Waals surface area contributed by atoms with E-state index >= 15 is 0 Å². The highest BCUT2D eigenvalue weighted by Crippen LogP contribution is 2.42. The Labute approximate surface area is 197 Å². The van der Waals surface area contributed by atoms with Crippen molar-refractivity contribution in [3.05, 3.63) is 47.2 Å². The Balaban J connectivity index is 1.60. The molecule has 0 radical (unpaired) electrons. The molecule has 9 heteroatoms. The van der Waals surface area contributed by atoms with Crippen LogP contribution in [-0.2, 0) is 4.79 Å². The molecule has 0 saturated carbocycles. The number of hydrogen-bond donors (Lipinski definition) is 0. The first-order valence-electron chi connectivity index (χ1n) is 11.0. The zero-order valence-corrected chi connectivity index (χ0v) is 19.6. The number of anilines is 1. The van der Waals surface area contributed by atoms with Gasteiger partial charge in [-0.25, -0.2) is 0 Å². The number of rotatable bonds is 9. The van der Waals surface area contributed by atoms with Crippen molar-refractivity contribution in [1.82, 2.24) is 10.1 Å². The van der Waals surface area contributed by atoms with Gasteiger partial charge in [-0.15, -0.1) is 0 Å². The Morgan fingerprint density at radius 2 is 1.67 bits per heavy atom. The van der Waals surface area contributed by atoms with Crippen LogP contribution in [0.25, 0.3) is 11.5 Å². The van der Waals surface area contributed by atoms with Crippen molar-refractivity contribution in [1.29, 1.82) is 0 Å². The largest absolute Gasteiger partial charge is 0.490 e. The highest BCUT2D eigenvalue weighted by Gasteiger charge is 2.34. The third-order valence-electron chi connectivity index (χ3n) is 5.23. The molecule has 2 aromatic carbocycles. The number of hydrogen-bond acceptors (Lipinski definition) is 7. The van der Waals surface area contributed by atoms with E-state index in [1.165, 1.54) is 0 Å². The van der Waals surface area contributed by atoms with Gasteiger partial charge in [0.15, 0.2) is 17.3 Å². The highest BCUT2D eigenvalue weighted by atomic mass is 35.5. The number of nitrogens with zero attached hydrogens (tertiary/aromatic N) is 3. The molecule has 1 aliphatic heterocycles. The molecule has 0 bridgehead atoms. The Bertz CT molecular complexity index is 1090. The van der Waals surface area contributed by atoms with E-state index in [0.29, 0.717) is 72.3 Å². The van der Waals surface area contributed by atoms with Crippen LogP contribution in [0.15, 0.2) is 40.9 Å². The Morgan fingerprint density at radius 3 is 2.27 bits per heavy atom. The van der Waals surface area contributed by atoms with Crippen molar-refractivity contribution < 1.29 is 23.5 Å². The van der Waals surface area contributed by atoms with Crippen LogP contribution in [-0.4, -0.2) is 42.4 Å². The topological polar surface area (TPSA) is 86.9 Å². The predicted molar refractivity (Wildman–Crippen MR) is 124 cm³/mol. The molecule has 0 unspecified atom stereocenters. The molecule has 0 spiro atoms. The molecule has 33 heavy (non-hydrogen) atoms. The van der Waals surface area contributed by atoms with Crippen molar-refractivity contribution in [3.8, 4) is 28.7 Å². The molecule has 2 heterocycles. The van der Waals surface area contributed by atoms with Gasteiger partial charge < -0.3 is 23.6 Å². The second kappa shape index (κ2) is 10.1. The average molecular weight is 472 g/mol. The number of carbonyl (C=O) groups is 1. The lowest BCUT2D eigenvalue weighted by molar-refractivity contribution is -0.117. The SMILES string of the molecule is CCOc1cc(-c2nc([C@H]3CC(=O)N(c4ccc(Cl)cc4)C3)no2)cc(OCC)c1OCC. The number of halogens is 1. The average Bonchev–Trinajstić information content (AvgIpc) is 3.44. The summed E-state index contributed by atoms with van der Waals surface area (Å²) in [5.74, 6) is 2.28. The predicted octanol–water partition coefficient (Wildman–Crippen LogP) is 5.11. The number of carbonyl (C=O) groups excluding carboxylic acids is 1. The van der Waals surface area contributed by atoms with Crippen LogP contribution in [0.5, 0.6) is 17.2 Å². The molecule has 0 aliphatic carbocycles. The normalized spacial score (nSPS) is 15.7. The molecular weight excluding hydrogens is 446 g/mol. The summed E-state index contributed by atoms with van der Waals surface area (Å²) in [7, 11) is 0. The van der Waals surface area contributed by atoms with Crippen LogP contribution in [0.2, 0.25) is 5.02 Å². The maximum absolute atomic E-state index is 12.6. The highest BCUT2D eigenvalue weighted by molar-refractivity contribution is 6.30. The fourth-order valence-electron chi connectivity index (χ4n) is 3.78. The summed E-state index contributed by atoms with van der Waals surface area (Å²) in [6.45, 7) is 7.58. The van der Waals surface area contributed by atoms with Crippen LogP contribution in [0, 0.1) is 0 Å². The summed E-state index contributed by atoms with van der Waals surface area (Å²) < 4.78 is 22.9. The summed E-state index contributed by atoms with van der Waals surface area (Å²) in [6.07, 6.45) is 0.305. The van der Waals surface area contributed by atoms with Crippen LogP contribution in [0.1, 0.15) is 38.9 Å². The van der Waals surface area contributed by atoms with E-state index in [1.54, 1.807) is 29.2 Å². The van der Waals surface area contributed by atoms with E-state index in [0.717, 1.165) is 5.69 Å². The van der Waals surface area contributed by atoms with Crippen molar-refractivity contribution in [2.24, 2.45) is 0 Å². The number of benzene rings is 2. The van der Waals surface area contributed by atoms with Gasteiger partial charge in [0.2, 0.25) is 11.7 Å². The van der Waals surface area contributed by atoms with E-state index in [-0.39, 0.29) is 11.8 Å². The summed E-state index contributed by atoms with van der Waals surface area (Å²) in [5.41, 5.74) is 1.45. The zero-order valence-electron chi connectivity index (χ0n) is 18.8. The monoisotopic (exact) mass is 471 g/mol. The van der Waals surface area contributed by atoms with Gasteiger partial charge in [0.1, 0.15) is 0 Å². The van der Waals surface area contributed by atoms with Crippen LogP contribution < -0.4 is 19.1 Å². The molecule has 3 aromatic rings. The summed E-state index contributed by atoms with van der Waals surface area (Å²) in [5, 5.41) is 4.79. The number of amides is 1. The molecule has 1 aromatic heterocycles. The molecule has 1 amide bonds. The summed E-state index contributed by atoms with van der Waals surface area (Å²) in [4.78, 5) is 18.9. The first-order valence-corrected chi connectivity index (χ1v) is 11.4. The van der Waals surface area contributed by atoms with Gasteiger partial charge in [-0.3, -0.25) is 4.79 Å². The van der Waals surface area contributed by atoms with Gasteiger partial charge in [-0.2, -0.15) is 4.98 Å². The summed E-state index contributed by atoms with van der Waals surface area (Å²) in [6, 6.07) is 10.8. The van der Waals surface area contributed by atoms with Crippen molar-refractivity contribution >= 4 is 23.2 Å². The van der Waals surface area contributed by atoms with Crippen molar-refractivity contribution in [2.75, 3.05) is 31.3 Å². The molecular formula is C24H26ClN3O5. The molecule has 1 aliphatic rings. The first-order chi connectivity index (χ1) is 16.0. The van der Waals surface area contributed by atoms with Gasteiger partial charge in [-0.1, -0.05) is 16.8 Å². The molecule has 1 atom stereocenters. The third-order valence-corrected chi connectivity index (χ3v) is 5.48. The smallest absolute Gasteiger partial charge is 0.258 e. The molecule has 174 valence electrons. The lowest BCUT2D eigenvalue weighted by Gasteiger charge is -2.16. The fourth-order valence-corrected chi connectivity index (χ4v) is 3.91. The second-order valence-corrected chi connectivity index (χ2v) is 7.88. The van der Waals surface area contributed by atoms with Crippen molar-refractivity contribution in [2.45, 2.75) is 33.1 Å². The zero-order chi connectivity index (χ0) is 23.4. The second-order valence-electron chi connectivity index (χ2n) is 7.44. The molecule has 0 N–H and O–H groups in total. The van der Waals surface area contributed by atoms with Gasteiger partial charge in [0.05, 0.1) is 19.8 Å². The maximum atomic E-state index is 12.6. The minimum Gasteiger partial charge on any atom is -0.490 e. The molecule has 4 rings (SSSR count). The first kappa shape index (κ1) is 22.9. The van der Waals surface area contributed by atoms with Crippen LogP contribution >= 0.6 is 11.6 Å². The number of aromatic nitrogens is 2. The van der Waals surface area contributed by atoms with Crippen LogP contribution in [0.4, 0.5) is 5.69 Å². The van der Waals surface area contributed by atoms with Crippen molar-refractivity contribution in [3.63, 3.8) is 0 Å². The van der Waals surface area contributed by atoms with E-state index in [9.17, 15) is 4.79 Å².